The minimum Gasteiger partial charge on any atom is -0.457 e. The molecule has 1 heterocycles. The van der Waals surface area contributed by atoms with Crippen LogP contribution in [0.15, 0.2) is 48.7 Å². The largest absolute Gasteiger partial charge is 0.457 e. The number of Topliss-reactive ketones (excluding diaryl/α,β-unsaturated/α-hetero) is 1. The van der Waals surface area contributed by atoms with Crippen LogP contribution in [0, 0.1) is 23.2 Å². The van der Waals surface area contributed by atoms with Crippen LogP contribution in [0.1, 0.15) is 35.2 Å². The van der Waals surface area contributed by atoms with Crippen LogP contribution in [-0.2, 0) is 11.2 Å². The average molecular weight is 401 g/mol. The summed E-state index contributed by atoms with van der Waals surface area (Å²) < 4.78 is 5.91. The van der Waals surface area contributed by atoms with Gasteiger partial charge in [0.05, 0.1) is 18.0 Å². The fourth-order valence-electron chi connectivity index (χ4n) is 4.21. The van der Waals surface area contributed by atoms with Crippen molar-refractivity contribution >= 4 is 23.0 Å². The molecule has 0 radical (unpaired) electrons. The van der Waals surface area contributed by atoms with Gasteiger partial charge in [-0.1, -0.05) is 6.42 Å². The Labute approximate surface area is 174 Å². The van der Waals surface area contributed by atoms with Crippen molar-refractivity contribution in [2.24, 2.45) is 17.6 Å². The number of nitrogens with zero attached hydrogens (tertiary/aromatic N) is 1. The Kier molecular flexibility index (Phi) is 5.64. The number of aldehydes is 1. The third-order valence-electron chi connectivity index (χ3n) is 5.84. The quantitative estimate of drug-likeness (QED) is 0.578. The Morgan fingerprint density at radius 2 is 2.00 bits per heavy atom. The van der Waals surface area contributed by atoms with E-state index in [-0.39, 0.29) is 17.6 Å². The molecule has 3 N–H and O–H groups in total. The van der Waals surface area contributed by atoms with Gasteiger partial charge >= 0.3 is 0 Å². The summed E-state index contributed by atoms with van der Waals surface area (Å²) in [4.78, 5) is 26.8. The molecule has 1 saturated carbocycles. The maximum atomic E-state index is 12.8. The molecule has 1 unspecified atom stereocenters. The van der Waals surface area contributed by atoms with Gasteiger partial charge in [-0.2, -0.15) is 5.26 Å². The first-order chi connectivity index (χ1) is 14.6. The first-order valence-corrected chi connectivity index (χ1v) is 10.1. The van der Waals surface area contributed by atoms with Crippen molar-refractivity contribution in [3.63, 3.8) is 0 Å². The minimum atomic E-state index is -0.636. The van der Waals surface area contributed by atoms with Gasteiger partial charge in [0.25, 0.3) is 0 Å². The van der Waals surface area contributed by atoms with Crippen molar-refractivity contribution < 1.29 is 14.3 Å². The molecule has 152 valence electrons. The molecule has 3 atom stereocenters. The summed E-state index contributed by atoms with van der Waals surface area (Å²) in [7, 11) is 0. The van der Waals surface area contributed by atoms with Crippen LogP contribution >= 0.6 is 0 Å². The SMILES string of the molecule is N#CC1CCC[C@@H]1C(=O)[C@@H](N)Cc1c[nH]c2ccc(Oc3ccc(C=O)cc3)cc12. The molecule has 6 heteroatoms. The van der Waals surface area contributed by atoms with Gasteiger partial charge in [-0.3, -0.25) is 9.59 Å². The van der Waals surface area contributed by atoms with Crippen molar-refractivity contribution in [1.82, 2.24) is 4.98 Å². The van der Waals surface area contributed by atoms with Crippen LogP contribution in [0.4, 0.5) is 0 Å². The molecule has 1 aliphatic carbocycles. The monoisotopic (exact) mass is 401 g/mol. The summed E-state index contributed by atoms with van der Waals surface area (Å²) in [6, 6.07) is 14.2. The van der Waals surface area contributed by atoms with Gasteiger partial charge < -0.3 is 15.5 Å². The van der Waals surface area contributed by atoms with Gasteiger partial charge in [0.2, 0.25) is 0 Å². The topological polar surface area (TPSA) is 109 Å². The lowest BCUT2D eigenvalue weighted by Crippen LogP contribution is -2.38. The van der Waals surface area contributed by atoms with Gasteiger partial charge in [0.1, 0.15) is 17.8 Å². The van der Waals surface area contributed by atoms with E-state index in [0.717, 1.165) is 42.0 Å². The number of carbonyl (C=O) groups excluding carboxylic acids is 2. The van der Waals surface area contributed by atoms with E-state index in [1.165, 1.54) is 0 Å². The van der Waals surface area contributed by atoms with Crippen molar-refractivity contribution in [3.05, 3.63) is 59.8 Å². The van der Waals surface area contributed by atoms with E-state index < -0.39 is 6.04 Å². The number of aromatic amines is 1. The molecule has 0 amide bonds. The van der Waals surface area contributed by atoms with Crippen LogP contribution in [0.5, 0.6) is 11.5 Å². The van der Waals surface area contributed by atoms with Crippen LogP contribution in [-0.4, -0.2) is 23.1 Å². The predicted molar refractivity (Wildman–Crippen MR) is 113 cm³/mol. The number of nitrogens with two attached hydrogens (primary N) is 1. The highest BCUT2D eigenvalue weighted by atomic mass is 16.5. The zero-order valence-corrected chi connectivity index (χ0v) is 16.5. The number of hydrogen-bond acceptors (Lipinski definition) is 5. The van der Waals surface area contributed by atoms with Gasteiger partial charge in [-0.25, -0.2) is 0 Å². The van der Waals surface area contributed by atoms with Crippen molar-refractivity contribution in [3.8, 4) is 17.6 Å². The lowest BCUT2D eigenvalue weighted by Gasteiger charge is -2.17. The Morgan fingerprint density at radius 3 is 2.73 bits per heavy atom. The van der Waals surface area contributed by atoms with Gasteiger partial charge in [-0.05, 0) is 67.3 Å². The Morgan fingerprint density at radius 1 is 1.23 bits per heavy atom. The lowest BCUT2D eigenvalue weighted by molar-refractivity contribution is -0.124. The second kappa shape index (κ2) is 8.52. The Hall–Kier alpha value is -3.43. The highest BCUT2D eigenvalue weighted by Gasteiger charge is 2.35. The van der Waals surface area contributed by atoms with Crippen LogP contribution in [0.25, 0.3) is 10.9 Å². The number of fused-ring (bicyclic) bond motifs is 1. The molecule has 1 aromatic heterocycles. The second-order valence-electron chi connectivity index (χ2n) is 7.80. The number of ketones is 1. The molecular formula is C24H23N3O3. The second-order valence-corrected chi connectivity index (χ2v) is 7.80. The highest BCUT2D eigenvalue weighted by Crippen LogP contribution is 2.33. The summed E-state index contributed by atoms with van der Waals surface area (Å²) in [5.74, 6) is 0.812. The van der Waals surface area contributed by atoms with E-state index in [1.54, 1.807) is 24.3 Å². The van der Waals surface area contributed by atoms with Crippen LogP contribution < -0.4 is 10.5 Å². The zero-order valence-electron chi connectivity index (χ0n) is 16.5. The van der Waals surface area contributed by atoms with E-state index in [4.69, 9.17) is 10.5 Å². The number of rotatable bonds is 7. The smallest absolute Gasteiger partial charge is 0.154 e. The summed E-state index contributed by atoms with van der Waals surface area (Å²) >= 11 is 0. The number of benzene rings is 2. The third-order valence-corrected chi connectivity index (χ3v) is 5.84. The number of carbonyl (C=O) groups is 2. The number of H-pyrrole nitrogens is 1. The molecule has 0 bridgehead atoms. The molecule has 1 fully saturated rings. The fraction of sp³-hybridized carbons (Fsp3) is 0.292. The fourth-order valence-corrected chi connectivity index (χ4v) is 4.21. The molecule has 0 saturated heterocycles. The van der Waals surface area contributed by atoms with Crippen LogP contribution in [0.3, 0.4) is 0 Å². The lowest BCUT2D eigenvalue weighted by atomic mass is 9.87. The van der Waals surface area contributed by atoms with Gasteiger partial charge in [-0.15, -0.1) is 0 Å². The first kappa shape index (κ1) is 19.9. The molecule has 6 nitrogen and oxygen atoms in total. The summed E-state index contributed by atoms with van der Waals surface area (Å²) in [6.45, 7) is 0. The number of nitriles is 1. The number of hydrogen-bond donors (Lipinski definition) is 2. The average Bonchev–Trinajstić information content (AvgIpc) is 3.40. The molecule has 4 rings (SSSR count). The normalized spacial score (nSPS) is 19.3. The van der Waals surface area contributed by atoms with Crippen molar-refractivity contribution in [2.75, 3.05) is 0 Å². The van der Waals surface area contributed by atoms with Gasteiger partial charge in [0, 0.05) is 28.6 Å². The summed E-state index contributed by atoms with van der Waals surface area (Å²) in [5.41, 5.74) is 8.72. The summed E-state index contributed by atoms with van der Waals surface area (Å²) in [6.07, 6.45) is 5.50. The molecule has 1 aliphatic rings. The molecule has 30 heavy (non-hydrogen) atoms. The van der Waals surface area contributed by atoms with Crippen molar-refractivity contribution in [2.45, 2.75) is 31.7 Å². The summed E-state index contributed by atoms with van der Waals surface area (Å²) in [5, 5.41) is 10.2. The number of nitrogens with one attached hydrogen (secondary N) is 1. The van der Waals surface area contributed by atoms with E-state index in [9.17, 15) is 14.9 Å². The van der Waals surface area contributed by atoms with E-state index in [0.29, 0.717) is 23.5 Å². The molecular weight excluding hydrogens is 378 g/mol. The third kappa shape index (κ3) is 3.98. The minimum absolute atomic E-state index is 0.0175. The molecule has 0 spiro atoms. The standard InChI is InChI=1S/C24H23N3O3/c25-12-16-2-1-3-20(16)24(29)22(26)10-17-13-27-23-9-8-19(11-21(17)23)30-18-6-4-15(14-28)5-7-18/h4-9,11,13-14,16,20,22,27H,1-3,10,26H2/t16?,20-,22-/m0/s1. The van der Waals surface area contributed by atoms with Crippen molar-refractivity contribution in [1.29, 1.82) is 5.26 Å². The Bertz CT molecular complexity index is 1110. The molecule has 0 aliphatic heterocycles. The molecule has 3 aromatic rings. The first-order valence-electron chi connectivity index (χ1n) is 10.1. The Balaban J connectivity index is 1.51. The van der Waals surface area contributed by atoms with Crippen LogP contribution in [0.2, 0.25) is 0 Å². The number of aromatic nitrogens is 1. The number of ether oxygens (including phenoxy) is 1. The van der Waals surface area contributed by atoms with Gasteiger partial charge in [0.15, 0.2) is 5.78 Å². The predicted octanol–water partition coefficient (Wildman–Crippen LogP) is 4.15. The maximum absolute atomic E-state index is 12.8. The van der Waals surface area contributed by atoms with E-state index in [1.807, 2.05) is 24.4 Å². The van der Waals surface area contributed by atoms with E-state index in [2.05, 4.69) is 11.1 Å². The zero-order chi connectivity index (χ0) is 21.1. The molecule has 2 aromatic carbocycles. The maximum Gasteiger partial charge on any atom is 0.154 e. The van der Waals surface area contributed by atoms with E-state index >= 15 is 0 Å². The highest BCUT2D eigenvalue weighted by molar-refractivity contribution is 5.89.